The van der Waals surface area contributed by atoms with Gasteiger partial charge in [-0.25, -0.2) is 0 Å². The van der Waals surface area contributed by atoms with E-state index in [1.54, 1.807) is 0 Å². The summed E-state index contributed by atoms with van der Waals surface area (Å²) in [5.41, 5.74) is 7.08. The van der Waals surface area contributed by atoms with Gasteiger partial charge >= 0.3 is 0 Å². The van der Waals surface area contributed by atoms with Gasteiger partial charge in [0, 0.05) is 10.6 Å². The van der Waals surface area contributed by atoms with Crippen LogP contribution in [0.5, 0.6) is 0 Å². The Morgan fingerprint density at radius 1 is 1.56 bits per heavy atom. The third kappa shape index (κ3) is 3.06. The maximum absolute atomic E-state index is 12.0. The zero-order chi connectivity index (χ0) is 13.0. The van der Waals surface area contributed by atoms with Crippen molar-refractivity contribution in [1.82, 2.24) is 5.32 Å². The minimum absolute atomic E-state index is 0.0245. The van der Waals surface area contributed by atoms with Crippen LogP contribution in [0.3, 0.4) is 0 Å². The van der Waals surface area contributed by atoms with Gasteiger partial charge in [-0.15, -0.1) is 11.8 Å². The lowest BCUT2D eigenvalue weighted by Crippen LogP contribution is -2.42. The van der Waals surface area contributed by atoms with E-state index in [0.717, 1.165) is 25.0 Å². The Bertz CT molecular complexity index is 422. The molecule has 3 N–H and O–H groups in total. The van der Waals surface area contributed by atoms with E-state index in [4.69, 9.17) is 5.73 Å². The number of hydrogen-bond donors (Lipinski definition) is 2. The van der Waals surface area contributed by atoms with Crippen LogP contribution in [0.4, 0.5) is 0 Å². The van der Waals surface area contributed by atoms with Gasteiger partial charge in [-0.3, -0.25) is 4.79 Å². The second-order valence-corrected chi connectivity index (χ2v) is 5.77. The van der Waals surface area contributed by atoms with Gasteiger partial charge in [0.1, 0.15) is 0 Å². The van der Waals surface area contributed by atoms with Gasteiger partial charge in [0.2, 0.25) is 5.91 Å². The molecule has 1 amide bonds. The standard InChI is InChI=1S/C14H20N2OS/c1-2-5-11(15)14(17)16-12-8-9-18-13-7-4-3-6-10(12)13/h3-4,6-7,11-12H,2,5,8-9,15H2,1H3,(H,16,17)/t11-,12+/m0/s1. The first-order valence-corrected chi connectivity index (χ1v) is 7.48. The normalized spacial score (nSPS) is 20.0. The van der Waals surface area contributed by atoms with Gasteiger partial charge in [-0.2, -0.15) is 0 Å². The number of nitrogens with one attached hydrogen (secondary N) is 1. The Labute approximate surface area is 113 Å². The SMILES string of the molecule is CCC[C@H](N)C(=O)N[C@@H]1CCSc2ccccc21. The number of fused-ring (bicyclic) bond motifs is 1. The molecule has 0 saturated heterocycles. The fourth-order valence-electron chi connectivity index (χ4n) is 2.21. The molecule has 1 aliphatic rings. The van der Waals surface area contributed by atoms with E-state index in [1.807, 2.05) is 30.8 Å². The molecule has 1 aliphatic heterocycles. The first-order valence-electron chi connectivity index (χ1n) is 6.50. The molecular formula is C14H20N2OS. The molecule has 0 aromatic heterocycles. The highest BCUT2D eigenvalue weighted by Crippen LogP contribution is 2.35. The summed E-state index contributed by atoms with van der Waals surface area (Å²) in [4.78, 5) is 13.2. The van der Waals surface area contributed by atoms with Crippen molar-refractivity contribution in [2.24, 2.45) is 5.73 Å². The van der Waals surface area contributed by atoms with Gasteiger partial charge in [-0.05, 0) is 24.5 Å². The van der Waals surface area contributed by atoms with Gasteiger partial charge in [0.15, 0.2) is 0 Å². The van der Waals surface area contributed by atoms with E-state index in [9.17, 15) is 4.79 Å². The average molecular weight is 264 g/mol. The van der Waals surface area contributed by atoms with E-state index < -0.39 is 0 Å². The molecular weight excluding hydrogens is 244 g/mol. The van der Waals surface area contributed by atoms with Crippen LogP contribution in [-0.2, 0) is 4.79 Å². The quantitative estimate of drug-likeness (QED) is 0.878. The van der Waals surface area contributed by atoms with Crippen molar-refractivity contribution in [2.45, 2.75) is 43.2 Å². The number of benzene rings is 1. The summed E-state index contributed by atoms with van der Waals surface area (Å²) >= 11 is 1.86. The minimum Gasteiger partial charge on any atom is -0.348 e. The average Bonchev–Trinajstić information content (AvgIpc) is 2.39. The number of hydrogen-bond acceptors (Lipinski definition) is 3. The molecule has 0 fully saturated rings. The number of thioether (sulfide) groups is 1. The van der Waals surface area contributed by atoms with E-state index in [1.165, 1.54) is 10.5 Å². The van der Waals surface area contributed by atoms with Crippen LogP contribution in [-0.4, -0.2) is 17.7 Å². The summed E-state index contributed by atoms with van der Waals surface area (Å²) in [6.45, 7) is 2.04. The summed E-state index contributed by atoms with van der Waals surface area (Å²) in [5.74, 6) is 1.02. The predicted molar refractivity (Wildman–Crippen MR) is 75.6 cm³/mol. The Balaban J connectivity index is 2.05. The summed E-state index contributed by atoms with van der Waals surface area (Å²) in [7, 11) is 0. The van der Waals surface area contributed by atoms with Gasteiger partial charge in [0.05, 0.1) is 12.1 Å². The number of nitrogens with two attached hydrogens (primary N) is 1. The lowest BCUT2D eigenvalue weighted by atomic mass is 10.0. The summed E-state index contributed by atoms with van der Waals surface area (Å²) in [6.07, 6.45) is 2.66. The molecule has 0 bridgehead atoms. The second kappa shape index (κ2) is 6.25. The van der Waals surface area contributed by atoms with Crippen molar-refractivity contribution in [2.75, 3.05) is 5.75 Å². The van der Waals surface area contributed by atoms with Gasteiger partial charge < -0.3 is 11.1 Å². The lowest BCUT2D eigenvalue weighted by Gasteiger charge is -2.27. The summed E-state index contributed by atoms with van der Waals surface area (Å²) in [6, 6.07) is 8.02. The molecule has 1 aromatic carbocycles. The second-order valence-electron chi connectivity index (χ2n) is 4.63. The van der Waals surface area contributed by atoms with E-state index in [-0.39, 0.29) is 18.0 Å². The molecule has 1 heterocycles. The molecule has 2 rings (SSSR count). The topological polar surface area (TPSA) is 55.1 Å². The first-order chi connectivity index (χ1) is 8.72. The smallest absolute Gasteiger partial charge is 0.237 e. The molecule has 98 valence electrons. The van der Waals surface area contributed by atoms with Crippen LogP contribution < -0.4 is 11.1 Å². The third-order valence-electron chi connectivity index (χ3n) is 3.21. The summed E-state index contributed by atoms with van der Waals surface area (Å²) in [5, 5.41) is 3.08. The highest BCUT2D eigenvalue weighted by Gasteiger charge is 2.23. The fourth-order valence-corrected chi connectivity index (χ4v) is 3.34. The van der Waals surface area contributed by atoms with Crippen LogP contribution >= 0.6 is 11.8 Å². The van der Waals surface area contributed by atoms with Crippen molar-refractivity contribution < 1.29 is 4.79 Å². The zero-order valence-electron chi connectivity index (χ0n) is 10.7. The first kappa shape index (κ1) is 13.4. The molecule has 0 radical (unpaired) electrons. The maximum atomic E-state index is 12.0. The Kier molecular flexibility index (Phi) is 4.66. The molecule has 2 atom stereocenters. The van der Waals surface area contributed by atoms with E-state index in [0.29, 0.717) is 0 Å². The van der Waals surface area contributed by atoms with Crippen molar-refractivity contribution in [3.8, 4) is 0 Å². The Hall–Kier alpha value is -1.00. The molecule has 0 aliphatic carbocycles. The molecule has 0 saturated carbocycles. The molecule has 0 spiro atoms. The molecule has 4 heteroatoms. The monoisotopic (exact) mass is 264 g/mol. The maximum Gasteiger partial charge on any atom is 0.237 e. The number of rotatable bonds is 4. The fraction of sp³-hybridized carbons (Fsp3) is 0.500. The molecule has 0 unspecified atom stereocenters. The highest BCUT2D eigenvalue weighted by molar-refractivity contribution is 7.99. The zero-order valence-corrected chi connectivity index (χ0v) is 11.5. The van der Waals surface area contributed by atoms with Gasteiger partial charge in [0.25, 0.3) is 0 Å². The highest BCUT2D eigenvalue weighted by atomic mass is 32.2. The van der Waals surface area contributed by atoms with Crippen LogP contribution in [0.15, 0.2) is 29.2 Å². The van der Waals surface area contributed by atoms with E-state index >= 15 is 0 Å². The van der Waals surface area contributed by atoms with Crippen molar-refractivity contribution in [3.63, 3.8) is 0 Å². The Morgan fingerprint density at radius 3 is 3.11 bits per heavy atom. The summed E-state index contributed by atoms with van der Waals surface area (Å²) < 4.78 is 0. The number of carbonyl (C=O) groups is 1. The lowest BCUT2D eigenvalue weighted by molar-refractivity contribution is -0.123. The van der Waals surface area contributed by atoms with E-state index in [2.05, 4.69) is 17.4 Å². The van der Waals surface area contributed by atoms with Crippen LogP contribution in [0.1, 0.15) is 37.8 Å². The van der Waals surface area contributed by atoms with Crippen molar-refractivity contribution in [1.29, 1.82) is 0 Å². The number of carbonyl (C=O) groups excluding carboxylic acids is 1. The minimum atomic E-state index is -0.378. The van der Waals surface area contributed by atoms with Crippen molar-refractivity contribution >= 4 is 17.7 Å². The molecule has 18 heavy (non-hydrogen) atoms. The van der Waals surface area contributed by atoms with Crippen molar-refractivity contribution in [3.05, 3.63) is 29.8 Å². The largest absolute Gasteiger partial charge is 0.348 e. The third-order valence-corrected chi connectivity index (χ3v) is 4.33. The van der Waals surface area contributed by atoms with Gasteiger partial charge in [-0.1, -0.05) is 31.5 Å². The Morgan fingerprint density at radius 2 is 2.33 bits per heavy atom. The van der Waals surface area contributed by atoms with Crippen LogP contribution in [0.25, 0.3) is 0 Å². The number of amides is 1. The van der Waals surface area contributed by atoms with Crippen LogP contribution in [0, 0.1) is 0 Å². The molecule has 1 aromatic rings. The van der Waals surface area contributed by atoms with Crippen LogP contribution in [0.2, 0.25) is 0 Å². The predicted octanol–water partition coefficient (Wildman–Crippen LogP) is 2.47. The molecule has 3 nitrogen and oxygen atoms in total.